The van der Waals surface area contributed by atoms with E-state index in [9.17, 15) is 0 Å². The Labute approximate surface area is 108 Å². The fraction of sp³-hybridized carbons (Fsp3) is 0.647. The highest BCUT2D eigenvalue weighted by Crippen LogP contribution is 2.37. The molecule has 0 heteroatoms. The van der Waals surface area contributed by atoms with E-state index in [4.69, 9.17) is 0 Å². The van der Waals surface area contributed by atoms with Crippen LogP contribution in [0.25, 0.3) is 0 Å². The first-order chi connectivity index (χ1) is 7.48. The highest BCUT2D eigenvalue weighted by molar-refractivity contribution is 5.39. The molecule has 96 valence electrons. The van der Waals surface area contributed by atoms with Gasteiger partial charge in [-0.15, -0.1) is 0 Å². The van der Waals surface area contributed by atoms with Crippen LogP contribution in [0.15, 0.2) is 35.5 Å². The molecule has 0 aromatic rings. The van der Waals surface area contributed by atoms with Crippen LogP contribution in [0.4, 0.5) is 0 Å². The largest absolute Gasteiger partial charge is 0.0776 e. The third kappa shape index (κ3) is 3.34. The number of rotatable bonds is 1. The molecule has 2 rings (SSSR count). The average Bonchev–Trinajstić information content (AvgIpc) is 2.38. The Morgan fingerprint density at radius 1 is 1.12 bits per heavy atom. The summed E-state index contributed by atoms with van der Waals surface area (Å²) in [6.07, 6.45) is 13.4. The van der Waals surface area contributed by atoms with Crippen molar-refractivity contribution < 1.29 is 0 Å². The van der Waals surface area contributed by atoms with Crippen molar-refractivity contribution in [2.75, 3.05) is 0 Å². The van der Waals surface area contributed by atoms with Crippen LogP contribution in [0.1, 0.15) is 54.4 Å². The third-order valence-corrected chi connectivity index (χ3v) is 4.05. The standard InChI is InChI=1S/C16H24.CH4/c1-12(2)14-6-5-13-7-9-16(3,4)10-8-15(13)11-14;/h7-10,12,14H,5-6,11H2,1-4H3;1H4. The highest BCUT2D eigenvalue weighted by Gasteiger charge is 2.23. The quantitative estimate of drug-likeness (QED) is 0.558. The van der Waals surface area contributed by atoms with Crippen LogP contribution >= 0.6 is 0 Å². The second kappa shape index (κ2) is 5.25. The number of allylic oxidation sites excluding steroid dienone is 6. The molecule has 0 saturated heterocycles. The van der Waals surface area contributed by atoms with Crippen LogP contribution < -0.4 is 0 Å². The van der Waals surface area contributed by atoms with E-state index in [-0.39, 0.29) is 12.8 Å². The average molecular weight is 232 g/mol. The van der Waals surface area contributed by atoms with Crippen LogP contribution in [-0.4, -0.2) is 0 Å². The predicted octanol–water partition coefficient (Wildman–Crippen LogP) is 5.53. The molecular formula is C17H28. The lowest BCUT2D eigenvalue weighted by Crippen LogP contribution is -2.14. The van der Waals surface area contributed by atoms with Gasteiger partial charge in [0.1, 0.15) is 0 Å². The van der Waals surface area contributed by atoms with Crippen molar-refractivity contribution in [2.45, 2.75) is 54.4 Å². The van der Waals surface area contributed by atoms with Crippen LogP contribution in [0.2, 0.25) is 0 Å². The fourth-order valence-electron chi connectivity index (χ4n) is 2.64. The summed E-state index contributed by atoms with van der Waals surface area (Å²) in [5.41, 5.74) is 3.40. The Hall–Kier alpha value is -0.780. The summed E-state index contributed by atoms with van der Waals surface area (Å²) >= 11 is 0. The molecule has 0 N–H and O–H groups in total. The minimum atomic E-state index is 0. The van der Waals surface area contributed by atoms with E-state index in [1.807, 2.05) is 0 Å². The van der Waals surface area contributed by atoms with Gasteiger partial charge in [0.2, 0.25) is 0 Å². The molecule has 0 nitrogen and oxygen atoms in total. The molecule has 2 aliphatic rings. The monoisotopic (exact) mass is 232 g/mol. The molecule has 0 bridgehead atoms. The molecule has 0 aromatic heterocycles. The second-order valence-corrected chi connectivity index (χ2v) is 6.29. The molecule has 1 atom stereocenters. The number of hydrogen-bond acceptors (Lipinski definition) is 0. The molecule has 0 heterocycles. The smallest absolute Gasteiger partial charge is 0.00108 e. The number of hydrogen-bond donors (Lipinski definition) is 0. The Kier molecular flexibility index (Phi) is 4.41. The zero-order chi connectivity index (χ0) is 11.8. The molecule has 0 radical (unpaired) electrons. The summed E-state index contributed by atoms with van der Waals surface area (Å²) in [6.45, 7) is 9.27. The van der Waals surface area contributed by atoms with Crippen molar-refractivity contribution >= 4 is 0 Å². The lowest BCUT2D eigenvalue weighted by Gasteiger charge is -2.27. The van der Waals surface area contributed by atoms with E-state index in [0.717, 1.165) is 11.8 Å². The maximum atomic E-state index is 2.38. The molecule has 0 aromatic carbocycles. The first kappa shape index (κ1) is 14.3. The normalized spacial score (nSPS) is 26.5. The second-order valence-electron chi connectivity index (χ2n) is 6.29. The van der Waals surface area contributed by atoms with Crippen LogP contribution in [0, 0.1) is 17.3 Å². The molecule has 0 spiro atoms. The van der Waals surface area contributed by atoms with Gasteiger partial charge in [-0.1, -0.05) is 59.4 Å². The van der Waals surface area contributed by atoms with Crippen molar-refractivity contribution in [2.24, 2.45) is 17.3 Å². The Bertz CT molecular complexity index is 350. The van der Waals surface area contributed by atoms with Gasteiger partial charge in [-0.05, 0) is 42.2 Å². The molecule has 1 unspecified atom stereocenters. The van der Waals surface area contributed by atoms with Crippen molar-refractivity contribution in [1.29, 1.82) is 0 Å². The summed E-state index contributed by atoms with van der Waals surface area (Å²) < 4.78 is 0. The van der Waals surface area contributed by atoms with Crippen molar-refractivity contribution in [1.82, 2.24) is 0 Å². The van der Waals surface area contributed by atoms with E-state index in [0.29, 0.717) is 0 Å². The molecule has 2 aliphatic carbocycles. The van der Waals surface area contributed by atoms with E-state index in [1.54, 1.807) is 11.1 Å². The van der Waals surface area contributed by atoms with Crippen LogP contribution in [0.3, 0.4) is 0 Å². The van der Waals surface area contributed by atoms with E-state index < -0.39 is 0 Å². The van der Waals surface area contributed by atoms with Gasteiger partial charge in [-0.2, -0.15) is 0 Å². The Balaban J connectivity index is 0.00000144. The minimum Gasteiger partial charge on any atom is -0.0776 e. The van der Waals surface area contributed by atoms with E-state index in [1.165, 1.54) is 19.3 Å². The van der Waals surface area contributed by atoms with Gasteiger partial charge in [-0.3, -0.25) is 0 Å². The zero-order valence-corrected chi connectivity index (χ0v) is 11.1. The summed E-state index contributed by atoms with van der Waals surface area (Å²) in [5, 5.41) is 0. The van der Waals surface area contributed by atoms with Crippen molar-refractivity contribution in [3.63, 3.8) is 0 Å². The molecule has 0 saturated carbocycles. The summed E-state index contributed by atoms with van der Waals surface area (Å²) in [4.78, 5) is 0. The first-order valence-corrected chi connectivity index (χ1v) is 6.58. The lowest BCUT2D eigenvalue weighted by atomic mass is 9.78. The lowest BCUT2D eigenvalue weighted by molar-refractivity contribution is 0.346. The van der Waals surface area contributed by atoms with Crippen LogP contribution in [0.5, 0.6) is 0 Å². The van der Waals surface area contributed by atoms with Gasteiger partial charge in [0, 0.05) is 5.41 Å². The summed E-state index contributed by atoms with van der Waals surface area (Å²) in [6, 6.07) is 0. The maximum absolute atomic E-state index is 2.38. The maximum Gasteiger partial charge on any atom is 0.00108 e. The SMILES string of the molecule is C.CC(C)C1CCC2=C(C=CC(C)(C)C=C2)C1. The highest BCUT2D eigenvalue weighted by atomic mass is 14.3. The molecule has 0 amide bonds. The summed E-state index contributed by atoms with van der Waals surface area (Å²) in [7, 11) is 0. The van der Waals surface area contributed by atoms with Crippen molar-refractivity contribution in [3.05, 3.63) is 35.5 Å². The predicted molar refractivity (Wildman–Crippen MR) is 78.0 cm³/mol. The van der Waals surface area contributed by atoms with Crippen LogP contribution in [-0.2, 0) is 0 Å². The Morgan fingerprint density at radius 3 is 2.29 bits per heavy atom. The summed E-state index contributed by atoms with van der Waals surface area (Å²) in [5.74, 6) is 1.71. The van der Waals surface area contributed by atoms with Gasteiger partial charge in [-0.25, -0.2) is 0 Å². The fourth-order valence-corrected chi connectivity index (χ4v) is 2.64. The van der Waals surface area contributed by atoms with Gasteiger partial charge in [0.15, 0.2) is 0 Å². The topological polar surface area (TPSA) is 0 Å². The van der Waals surface area contributed by atoms with Gasteiger partial charge < -0.3 is 0 Å². The zero-order valence-electron chi connectivity index (χ0n) is 11.1. The van der Waals surface area contributed by atoms with E-state index in [2.05, 4.69) is 52.0 Å². The first-order valence-electron chi connectivity index (χ1n) is 6.58. The van der Waals surface area contributed by atoms with Crippen molar-refractivity contribution in [3.8, 4) is 0 Å². The molecule has 0 aliphatic heterocycles. The Morgan fingerprint density at radius 2 is 1.71 bits per heavy atom. The van der Waals surface area contributed by atoms with Gasteiger partial charge in [0.05, 0.1) is 0 Å². The van der Waals surface area contributed by atoms with E-state index >= 15 is 0 Å². The van der Waals surface area contributed by atoms with Gasteiger partial charge in [0.25, 0.3) is 0 Å². The minimum absolute atomic E-state index is 0. The third-order valence-electron chi connectivity index (χ3n) is 4.05. The van der Waals surface area contributed by atoms with Gasteiger partial charge >= 0.3 is 0 Å². The molecule has 0 fully saturated rings. The molecular weight excluding hydrogens is 204 g/mol. The molecule has 17 heavy (non-hydrogen) atoms.